The molecule has 2 aromatic rings. The second kappa shape index (κ2) is 5.28. The number of aromatic amines is 1. The minimum atomic E-state index is -0.430. The summed E-state index contributed by atoms with van der Waals surface area (Å²) in [6.07, 6.45) is 5.27. The van der Waals surface area contributed by atoms with E-state index in [4.69, 9.17) is 0 Å². The number of nitro groups is 1. The van der Waals surface area contributed by atoms with Gasteiger partial charge in [-0.1, -0.05) is 0 Å². The molecule has 1 atom stereocenters. The number of piperidine rings is 1. The molecule has 0 radical (unpaired) electrons. The Bertz CT molecular complexity index is 581. The average Bonchev–Trinajstić information content (AvgIpc) is 3.02. The maximum atomic E-state index is 10.6. The minimum Gasteiger partial charge on any atom is -0.356 e. The van der Waals surface area contributed by atoms with E-state index in [9.17, 15) is 10.1 Å². The van der Waals surface area contributed by atoms with E-state index in [1.54, 1.807) is 12.3 Å². The molecule has 3 rings (SSSR count). The molecule has 1 aliphatic rings. The Balaban J connectivity index is 1.75. The molecule has 7 heteroatoms. The van der Waals surface area contributed by atoms with Crippen LogP contribution in [0.25, 0.3) is 0 Å². The Labute approximate surface area is 115 Å². The van der Waals surface area contributed by atoms with E-state index >= 15 is 0 Å². The lowest BCUT2D eigenvalue weighted by molar-refractivity contribution is -0.385. The van der Waals surface area contributed by atoms with Crippen LogP contribution in [-0.4, -0.2) is 33.2 Å². The molecule has 1 aliphatic heterocycles. The summed E-state index contributed by atoms with van der Waals surface area (Å²) < 4.78 is 0. The summed E-state index contributed by atoms with van der Waals surface area (Å²) in [5, 5.41) is 17.6. The molecule has 1 N–H and O–H groups in total. The van der Waals surface area contributed by atoms with Gasteiger partial charge in [-0.25, -0.2) is 4.98 Å². The van der Waals surface area contributed by atoms with Gasteiger partial charge in [0.05, 0.1) is 4.92 Å². The maximum Gasteiger partial charge on any atom is 0.287 e. The second-order valence-corrected chi connectivity index (χ2v) is 4.93. The summed E-state index contributed by atoms with van der Waals surface area (Å²) in [5.74, 6) is 1.20. The lowest BCUT2D eigenvalue weighted by Crippen LogP contribution is -2.35. The third-order valence-corrected chi connectivity index (χ3v) is 3.65. The van der Waals surface area contributed by atoms with Crippen LogP contribution in [0.1, 0.15) is 24.5 Å². The van der Waals surface area contributed by atoms with Gasteiger partial charge in [-0.05, 0) is 25.0 Å². The van der Waals surface area contributed by atoms with Crippen LogP contribution in [0.2, 0.25) is 0 Å². The maximum absolute atomic E-state index is 10.6. The highest BCUT2D eigenvalue weighted by Crippen LogP contribution is 2.28. The van der Waals surface area contributed by atoms with Crippen molar-refractivity contribution in [2.75, 3.05) is 18.0 Å². The number of pyridine rings is 1. The summed E-state index contributed by atoms with van der Waals surface area (Å²) in [7, 11) is 0. The summed E-state index contributed by atoms with van der Waals surface area (Å²) >= 11 is 0. The molecule has 1 fully saturated rings. The average molecular weight is 273 g/mol. The van der Waals surface area contributed by atoms with Gasteiger partial charge in [0.1, 0.15) is 12.0 Å². The fourth-order valence-electron chi connectivity index (χ4n) is 2.61. The molecule has 3 heterocycles. The van der Waals surface area contributed by atoms with E-state index in [0.29, 0.717) is 5.92 Å². The van der Waals surface area contributed by atoms with Gasteiger partial charge in [-0.15, -0.1) is 0 Å². The molecular weight excluding hydrogens is 258 g/mol. The van der Waals surface area contributed by atoms with Gasteiger partial charge in [0.15, 0.2) is 0 Å². The zero-order valence-electron chi connectivity index (χ0n) is 10.9. The largest absolute Gasteiger partial charge is 0.356 e. The number of aromatic nitrogens is 3. The molecule has 7 nitrogen and oxygen atoms in total. The zero-order valence-corrected chi connectivity index (χ0v) is 10.9. The Morgan fingerprint density at radius 1 is 1.40 bits per heavy atom. The van der Waals surface area contributed by atoms with E-state index in [1.807, 2.05) is 6.07 Å². The molecule has 20 heavy (non-hydrogen) atoms. The topological polar surface area (TPSA) is 88.0 Å². The summed E-state index contributed by atoms with van der Waals surface area (Å²) in [5.41, 5.74) is 1.16. The first kappa shape index (κ1) is 12.6. The van der Waals surface area contributed by atoms with Crippen molar-refractivity contribution in [1.82, 2.24) is 15.2 Å². The van der Waals surface area contributed by atoms with Gasteiger partial charge < -0.3 is 4.90 Å². The molecule has 1 unspecified atom stereocenters. The number of hydrogen-bond acceptors (Lipinski definition) is 5. The Morgan fingerprint density at radius 2 is 2.30 bits per heavy atom. The highest BCUT2D eigenvalue weighted by Gasteiger charge is 2.23. The third-order valence-electron chi connectivity index (χ3n) is 3.65. The normalized spacial score (nSPS) is 19.0. The molecule has 104 valence electrons. The summed E-state index contributed by atoms with van der Waals surface area (Å²) in [4.78, 5) is 16.6. The molecule has 0 spiro atoms. The van der Waals surface area contributed by atoms with E-state index in [1.165, 1.54) is 12.3 Å². The standard InChI is InChI=1S/C13H15N5O2/c19-18(20)11-3-4-13(14-8-11)17-7-1-2-10(9-17)12-5-6-15-16-12/h3-6,8,10H,1-2,7,9H2,(H,15,16). The number of H-pyrrole nitrogens is 1. The van der Waals surface area contributed by atoms with Crippen molar-refractivity contribution in [2.24, 2.45) is 0 Å². The lowest BCUT2D eigenvalue weighted by Gasteiger charge is -2.32. The van der Waals surface area contributed by atoms with Crippen molar-refractivity contribution in [2.45, 2.75) is 18.8 Å². The highest BCUT2D eigenvalue weighted by molar-refractivity contribution is 5.43. The first-order valence-electron chi connectivity index (χ1n) is 6.58. The molecule has 0 bridgehead atoms. The van der Waals surface area contributed by atoms with E-state index < -0.39 is 4.92 Å². The second-order valence-electron chi connectivity index (χ2n) is 4.93. The van der Waals surface area contributed by atoms with Crippen LogP contribution in [0.5, 0.6) is 0 Å². The molecule has 0 aliphatic carbocycles. The smallest absolute Gasteiger partial charge is 0.287 e. The van der Waals surface area contributed by atoms with Crippen LogP contribution in [0.3, 0.4) is 0 Å². The summed E-state index contributed by atoms with van der Waals surface area (Å²) in [6.45, 7) is 1.78. The third kappa shape index (κ3) is 2.47. The van der Waals surface area contributed by atoms with Crippen LogP contribution in [0.15, 0.2) is 30.6 Å². The van der Waals surface area contributed by atoms with Gasteiger partial charge in [0.2, 0.25) is 0 Å². The van der Waals surface area contributed by atoms with E-state index in [2.05, 4.69) is 20.1 Å². The fourth-order valence-corrected chi connectivity index (χ4v) is 2.61. The van der Waals surface area contributed by atoms with Crippen molar-refractivity contribution < 1.29 is 4.92 Å². The van der Waals surface area contributed by atoms with Crippen LogP contribution in [-0.2, 0) is 0 Å². The van der Waals surface area contributed by atoms with Crippen LogP contribution < -0.4 is 4.90 Å². The molecule has 0 amide bonds. The number of nitrogens with one attached hydrogen (secondary N) is 1. The van der Waals surface area contributed by atoms with Crippen molar-refractivity contribution in [1.29, 1.82) is 0 Å². The number of hydrogen-bond donors (Lipinski definition) is 1. The van der Waals surface area contributed by atoms with E-state index in [-0.39, 0.29) is 5.69 Å². The predicted octanol–water partition coefficient (Wildman–Crippen LogP) is 2.10. The first-order valence-corrected chi connectivity index (χ1v) is 6.58. The first-order chi connectivity index (χ1) is 9.74. The molecule has 0 aromatic carbocycles. The van der Waals surface area contributed by atoms with Gasteiger partial charge in [-0.2, -0.15) is 5.10 Å². The van der Waals surface area contributed by atoms with Gasteiger partial charge in [0.25, 0.3) is 5.69 Å². The molecule has 1 saturated heterocycles. The Hall–Kier alpha value is -2.44. The van der Waals surface area contributed by atoms with Crippen LogP contribution >= 0.6 is 0 Å². The monoisotopic (exact) mass is 273 g/mol. The Kier molecular flexibility index (Phi) is 3.32. The minimum absolute atomic E-state index is 0.0240. The van der Waals surface area contributed by atoms with Crippen LogP contribution in [0, 0.1) is 10.1 Å². The lowest BCUT2D eigenvalue weighted by atomic mass is 9.95. The SMILES string of the molecule is O=[N+]([O-])c1ccc(N2CCCC(c3ccn[nH]3)C2)nc1. The zero-order chi connectivity index (χ0) is 13.9. The van der Waals surface area contributed by atoms with Crippen molar-refractivity contribution in [3.05, 3.63) is 46.4 Å². The Morgan fingerprint density at radius 3 is 2.95 bits per heavy atom. The highest BCUT2D eigenvalue weighted by atomic mass is 16.6. The summed E-state index contributed by atoms with van der Waals surface area (Å²) in [6, 6.07) is 5.22. The van der Waals surface area contributed by atoms with Gasteiger partial charge in [-0.3, -0.25) is 15.2 Å². The molecular formula is C13H15N5O2. The predicted molar refractivity (Wildman–Crippen MR) is 73.7 cm³/mol. The van der Waals surface area contributed by atoms with Crippen molar-refractivity contribution in [3.8, 4) is 0 Å². The van der Waals surface area contributed by atoms with Gasteiger partial charge >= 0.3 is 0 Å². The fraction of sp³-hybridized carbons (Fsp3) is 0.385. The quantitative estimate of drug-likeness (QED) is 0.683. The number of nitrogens with zero attached hydrogens (tertiary/aromatic N) is 4. The molecule has 2 aromatic heterocycles. The van der Waals surface area contributed by atoms with Gasteiger partial charge in [0, 0.05) is 37.0 Å². The number of anilines is 1. The van der Waals surface area contributed by atoms with Crippen molar-refractivity contribution >= 4 is 11.5 Å². The van der Waals surface area contributed by atoms with Crippen molar-refractivity contribution in [3.63, 3.8) is 0 Å². The van der Waals surface area contributed by atoms with Crippen LogP contribution in [0.4, 0.5) is 11.5 Å². The molecule has 0 saturated carbocycles. The van der Waals surface area contributed by atoms with E-state index in [0.717, 1.165) is 37.4 Å². The number of rotatable bonds is 3.